The Hall–Kier alpha value is -1.02. The summed E-state index contributed by atoms with van der Waals surface area (Å²) in [6.45, 7) is 3.53. The molecular formula is C12H15ClO2. The van der Waals surface area contributed by atoms with Crippen LogP contribution in [0, 0.1) is 0 Å². The fraction of sp³-hybridized carbons (Fsp3) is 0.417. The van der Waals surface area contributed by atoms with E-state index < -0.39 is 5.38 Å². The number of hydrogen-bond donors (Lipinski definition) is 0. The van der Waals surface area contributed by atoms with Gasteiger partial charge in [0.25, 0.3) is 0 Å². The highest BCUT2D eigenvalue weighted by Gasteiger charge is 2.14. The molecule has 0 aromatic heterocycles. The van der Waals surface area contributed by atoms with Crippen molar-refractivity contribution in [2.24, 2.45) is 0 Å². The lowest BCUT2D eigenvalue weighted by atomic mass is 10.0. The molecule has 0 bridgehead atoms. The predicted molar refractivity (Wildman–Crippen MR) is 61.6 cm³/mol. The molecular weight excluding hydrogens is 212 g/mol. The van der Waals surface area contributed by atoms with Gasteiger partial charge in [0.1, 0.15) is 11.1 Å². The molecule has 0 aliphatic rings. The van der Waals surface area contributed by atoms with E-state index in [9.17, 15) is 4.79 Å². The van der Waals surface area contributed by atoms with Gasteiger partial charge in [-0.1, -0.05) is 19.1 Å². The zero-order valence-electron chi connectivity index (χ0n) is 9.21. The maximum absolute atomic E-state index is 11.1. The summed E-state index contributed by atoms with van der Waals surface area (Å²) in [6.07, 6.45) is 0.860. The van der Waals surface area contributed by atoms with Gasteiger partial charge in [-0.25, -0.2) is 0 Å². The zero-order chi connectivity index (χ0) is 11.4. The molecule has 0 N–H and O–H groups in total. The van der Waals surface area contributed by atoms with E-state index in [1.54, 1.807) is 7.11 Å². The van der Waals surface area contributed by atoms with Gasteiger partial charge in [0.05, 0.1) is 7.11 Å². The van der Waals surface area contributed by atoms with Crippen LogP contribution in [0.3, 0.4) is 0 Å². The van der Waals surface area contributed by atoms with E-state index in [1.807, 2.05) is 25.1 Å². The van der Waals surface area contributed by atoms with Gasteiger partial charge in [0.2, 0.25) is 0 Å². The van der Waals surface area contributed by atoms with Gasteiger partial charge in [-0.15, -0.1) is 11.6 Å². The monoisotopic (exact) mass is 226 g/mol. The maximum atomic E-state index is 11.1. The van der Waals surface area contributed by atoms with Crippen LogP contribution in [0.2, 0.25) is 0 Å². The number of aryl methyl sites for hydroxylation is 1. The zero-order valence-corrected chi connectivity index (χ0v) is 9.97. The number of alkyl halides is 1. The summed E-state index contributed by atoms with van der Waals surface area (Å²) < 4.78 is 5.20. The van der Waals surface area contributed by atoms with Gasteiger partial charge < -0.3 is 4.74 Å². The van der Waals surface area contributed by atoms with Crippen LogP contribution in [-0.2, 0) is 11.2 Å². The summed E-state index contributed by atoms with van der Waals surface area (Å²) in [7, 11) is 1.64. The van der Waals surface area contributed by atoms with Crippen molar-refractivity contribution >= 4 is 17.4 Å². The molecule has 15 heavy (non-hydrogen) atoms. The number of Topliss-reactive ketones (excluding diaryl/α,β-unsaturated/α-hetero) is 1. The lowest BCUT2D eigenvalue weighted by molar-refractivity contribution is -0.116. The lowest BCUT2D eigenvalue weighted by Gasteiger charge is -2.11. The topological polar surface area (TPSA) is 26.3 Å². The first-order chi connectivity index (χ1) is 7.10. The van der Waals surface area contributed by atoms with Gasteiger partial charge in [-0.3, -0.25) is 4.79 Å². The number of carbonyl (C=O) groups is 1. The molecule has 1 aromatic rings. The second-order valence-electron chi connectivity index (χ2n) is 3.40. The van der Waals surface area contributed by atoms with Crippen LogP contribution in [0.1, 0.15) is 30.4 Å². The highest BCUT2D eigenvalue weighted by molar-refractivity contribution is 6.30. The Bertz CT molecular complexity index is 361. The van der Waals surface area contributed by atoms with Crippen LogP contribution in [0.4, 0.5) is 0 Å². The minimum atomic E-state index is -0.554. The van der Waals surface area contributed by atoms with E-state index in [0.717, 1.165) is 23.3 Å². The second-order valence-corrected chi connectivity index (χ2v) is 3.83. The first-order valence-electron chi connectivity index (χ1n) is 4.91. The molecule has 82 valence electrons. The Balaban J connectivity index is 3.07. The Morgan fingerprint density at radius 3 is 2.67 bits per heavy atom. The van der Waals surface area contributed by atoms with Crippen LogP contribution < -0.4 is 4.74 Å². The van der Waals surface area contributed by atoms with E-state index >= 15 is 0 Å². The van der Waals surface area contributed by atoms with Gasteiger partial charge in [0, 0.05) is 0 Å². The Morgan fingerprint density at radius 2 is 2.20 bits per heavy atom. The summed E-state index contributed by atoms with van der Waals surface area (Å²) in [5.74, 6) is 0.803. The Morgan fingerprint density at radius 1 is 1.53 bits per heavy atom. The van der Waals surface area contributed by atoms with Crippen LogP contribution in [0.15, 0.2) is 18.2 Å². The molecule has 2 nitrogen and oxygen atoms in total. The second kappa shape index (κ2) is 5.17. The predicted octanol–water partition coefficient (Wildman–Crippen LogP) is 3.13. The highest BCUT2D eigenvalue weighted by atomic mass is 35.5. The number of hydrogen-bond acceptors (Lipinski definition) is 2. The third kappa shape index (κ3) is 2.72. The average molecular weight is 227 g/mol. The van der Waals surface area contributed by atoms with Crippen molar-refractivity contribution in [2.45, 2.75) is 25.6 Å². The molecule has 0 heterocycles. The van der Waals surface area contributed by atoms with Crippen LogP contribution >= 0.6 is 11.6 Å². The average Bonchev–Trinajstić information content (AvgIpc) is 2.26. The van der Waals surface area contributed by atoms with Crippen LogP contribution in [0.25, 0.3) is 0 Å². The molecule has 3 heteroatoms. The molecule has 0 aliphatic heterocycles. The van der Waals surface area contributed by atoms with E-state index in [4.69, 9.17) is 16.3 Å². The number of halogens is 1. The van der Waals surface area contributed by atoms with Crippen molar-refractivity contribution in [1.29, 1.82) is 0 Å². The molecule has 1 rings (SSSR count). The summed E-state index contributed by atoms with van der Waals surface area (Å²) in [6, 6.07) is 5.61. The summed E-state index contributed by atoms with van der Waals surface area (Å²) >= 11 is 5.98. The van der Waals surface area contributed by atoms with E-state index in [0.29, 0.717) is 0 Å². The Labute approximate surface area is 95.2 Å². The minimum Gasteiger partial charge on any atom is -0.496 e. The summed E-state index contributed by atoms with van der Waals surface area (Å²) in [5.41, 5.74) is 1.91. The number of ether oxygens (including phenoxy) is 1. The van der Waals surface area contributed by atoms with E-state index in [-0.39, 0.29) is 5.78 Å². The SMILES string of the molecule is CCc1cc(C(Cl)C(C)=O)ccc1OC. The molecule has 0 saturated heterocycles. The van der Waals surface area contributed by atoms with Crippen LogP contribution in [0.5, 0.6) is 5.75 Å². The van der Waals surface area contributed by atoms with Crippen molar-refractivity contribution < 1.29 is 9.53 Å². The van der Waals surface area contributed by atoms with E-state index in [2.05, 4.69) is 0 Å². The first kappa shape index (κ1) is 12.1. The highest BCUT2D eigenvalue weighted by Crippen LogP contribution is 2.27. The molecule has 0 fully saturated rings. The standard InChI is InChI=1S/C12H15ClO2/c1-4-9-7-10(12(13)8(2)14)5-6-11(9)15-3/h5-7,12H,4H2,1-3H3. The molecule has 0 spiro atoms. The van der Waals surface area contributed by atoms with Crippen LogP contribution in [-0.4, -0.2) is 12.9 Å². The number of carbonyl (C=O) groups excluding carboxylic acids is 1. The normalized spacial score (nSPS) is 12.3. The molecule has 1 unspecified atom stereocenters. The molecule has 0 saturated carbocycles. The lowest BCUT2D eigenvalue weighted by Crippen LogP contribution is -2.02. The third-order valence-electron chi connectivity index (χ3n) is 2.33. The van der Waals surface area contributed by atoms with Crippen molar-refractivity contribution in [2.75, 3.05) is 7.11 Å². The van der Waals surface area contributed by atoms with Crippen molar-refractivity contribution in [3.63, 3.8) is 0 Å². The summed E-state index contributed by atoms with van der Waals surface area (Å²) in [4.78, 5) is 11.1. The third-order valence-corrected chi connectivity index (χ3v) is 2.89. The fourth-order valence-corrected chi connectivity index (χ4v) is 1.60. The van der Waals surface area contributed by atoms with Crippen molar-refractivity contribution in [3.05, 3.63) is 29.3 Å². The number of benzene rings is 1. The number of ketones is 1. The molecule has 0 amide bonds. The van der Waals surface area contributed by atoms with Gasteiger partial charge >= 0.3 is 0 Å². The molecule has 0 radical (unpaired) electrons. The minimum absolute atomic E-state index is 0.0381. The molecule has 0 aliphatic carbocycles. The largest absolute Gasteiger partial charge is 0.496 e. The maximum Gasteiger partial charge on any atom is 0.152 e. The molecule has 1 aromatic carbocycles. The van der Waals surface area contributed by atoms with Gasteiger partial charge in [-0.2, -0.15) is 0 Å². The van der Waals surface area contributed by atoms with Crippen molar-refractivity contribution in [3.8, 4) is 5.75 Å². The smallest absolute Gasteiger partial charge is 0.152 e. The van der Waals surface area contributed by atoms with Gasteiger partial charge in [0.15, 0.2) is 5.78 Å². The quantitative estimate of drug-likeness (QED) is 0.738. The fourth-order valence-electron chi connectivity index (χ4n) is 1.47. The summed E-state index contributed by atoms with van der Waals surface area (Å²) in [5, 5.41) is -0.554. The van der Waals surface area contributed by atoms with E-state index in [1.165, 1.54) is 6.92 Å². The Kier molecular flexibility index (Phi) is 4.15. The first-order valence-corrected chi connectivity index (χ1v) is 5.35. The number of rotatable bonds is 4. The molecule has 1 atom stereocenters. The van der Waals surface area contributed by atoms with Gasteiger partial charge in [-0.05, 0) is 30.5 Å². The number of methoxy groups -OCH3 is 1. The van der Waals surface area contributed by atoms with Crippen molar-refractivity contribution in [1.82, 2.24) is 0 Å².